The summed E-state index contributed by atoms with van der Waals surface area (Å²) in [6.45, 7) is 0. The number of hydrogen-bond acceptors (Lipinski definition) is 3. The van der Waals surface area contributed by atoms with Crippen LogP contribution in [0.1, 0.15) is 0 Å². The van der Waals surface area contributed by atoms with Crippen LogP contribution in [-0.4, -0.2) is 14.5 Å². The Morgan fingerprint density at radius 1 is 1.38 bits per heavy atom. The maximum absolute atomic E-state index is 11.1. The van der Waals surface area contributed by atoms with E-state index in [9.17, 15) is 9.90 Å². The van der Waals surface area contributed by atoms with Crippen molar-refractivity contribution in [1.29, 1.82) is 0 Å². The molecule has 0 amide bonds. The molecule has 0 atom stereocenters. The van der Waals surface area contributed by atoms with Gasteiger partial charge in [0, 0.05) is 18.5 Å². The van der Waals surface area contributed by atoms with E-state index in [1.807, 2.05) is 0 Å². The molecule has 13 heavy (non-hydrogen) atoms. The van der Waals surface area contributed by atoms with Crippen LogP contribution in [0.2, 0.25) is 0 Å². The largest absolute Gasteiger partial charge is 0.504 e. The third-order valence-electron chi connectivity index (χ3n) is 1.60. The molecule has 0 spiro atoms. The summed E-state index contributed by atoms with van der Waals surface area (Å²) in [6.07, 6.45) is 2.93. The van der Waals surface area contributed by atoms with Gasteiger partial charge in [-0.1, -0.05) is 0 Å². The van der Waals surface area contributed by atoms with Crippen LogP contribution in [0.25, 0.3) is 5.65 Å². The Kier molecular flexibility index (Phi) is 2.53. The molecule has 68 valence electrons. The highest BCUT2D eigenvalue weighted by molar-refractivity contribution is 5.85. The number of aromatic nitrogens is 2. The van der Waals surface area contributed by atoms with Crippen LogP contribution in [0.4, 0.5) is 0 Å². The van der Waals surface area contributed by atoms with Crippen molar-refractivity contribution >= 4 is 18.1 Å². The maximum Gasteiger partial charge on any atom is 0.257 e. The van der Waals surface area contributed by atoms with Gasteiger partial charge in [0.25, 0.3) is 5.56 Å². The van der Waals surface area contributed by atoms with Crippen LogP contribution in [-0.2, 0) is 0 Å². The first-order chi connectivity index (χ1) is 5.79. The van der Waals surface area contributed by atoms with E-state index in [4.69, 9.17) is 0 Å². The number of halogens is 1. The summed E-state index contributed by atoms with van der Waals surface area (Å²) in [4.78, 5) is 15.0. The van der Waals surface area contributed by atoms with E-state index >= 15 is 0 Å². The first kappa shape index (κ1) is 9.54. The van der Waals surface area contributed by atoms with Gasteiger partial charge in [-0.05, 0) is 12.1 Å². The molecule has 0 aliphatic carbocycles. The molecule has 0 aromatic carbocycles. The van der Waals surface area contributed by atoms with Gasteiger partial charge in [0.15, 0.2) is 11.4 Å². The maximum atomic E-state index is 11.1. The monoisotopic (exact) mass is 198 g/mol. The molecule has 0 fully saturated rings. The van der Waals surface area contributed by atoms with E-state index in [1.54, 1.807) is 12.3 Å². The Labute approximate surface area is 79.9 Å². The van der Waals surface area contributed by atoms with Gasteiger partial charge in [0.2, 0.25) is 0 Å². The van der Waals surface area contributed by atoms with Crippen LogP contribution in [0.15, 0.2) is 35.4 Å². The van der Waals surface area contributed by atoms with Gasteiger partial charge in [0.1, 0.15) is 0 Å². The first-order valence-electron chi connectivity index (χ1n) is 3.44. The van der Waals surface area contributed by atoms with Gasteiger partial charge in [-0.15, -0.1) is 12.4 Å². The summed E-state index contributed by atoms with van der Waals surface area (Å²) >= 11 is 0. The zero-order valence-corrected chi connectivity index (χ0v) is 7.36. The third kappa shape index (κ3) is 1.48. The summed E-state index contributed by atoms with van der Waals surface area (Å²) in [7, 11) is 0. The molecule has 4 nitrogen and oxygen atoms in total. The first-order valence-corrected chi connectivity index (χ1v) is 3.44. The van der Waals surface area contributed by atoms with Crippen molar-refractivity contribution in [3.05, 3.63) is 40.9 Å². The summed E-state index contributed by atoms with van der Waals surface area (Å²) < 4.78 is 1.29. The standard InChI is InChI=1S/C8H6N2O2.ClH/c11-6-2-1-5-10-7(12)3-4-9-8(6)10;/h1-5,11H;1H. The van der Waals surface area contributed by atoms with Crippen molar-refractivity contribution in [2.45, 2.75) is 0 Å². The number of aromatic hydroxyl groups is 1. The molecule has 0 saturated heterocycles. The Morgan fingerprint density at radius 2 is 2.15 bits per heavy atom. The second kappa shape index (κ2) is 3.45. The number of pyridine rings is 1. The minimum atomic E-state index is -0.198. The lowest BCUT2D eigenvalue weighted by Gasteiger charge is -1.98. The third-order valence-corrected chi connectivity index (χ3v) is 1.60. The predicted octanol–water partition coefficient (Wildman–Crippen LogP) is 0.822. The van der Waals surface area contributed by atoms with Gasteiger partial charge in [-0.2, -0.15) is 0 Å². The van der Waals surface area contributed by atoms with E-state index < -0.39 is 0 Å². The summed E-state index contributed by atoms with van der Waals surface area (Å²) in [5, 5.41) is 9.27. The average molecular weight is 199 g/mol. The van der Waals surface area contributed by atoms with Crippen LogP contribution in [0.3, 0.4) is 0 Å². The molecular formula is C8H7ClN2O2. The smallest absolute Gasteiger partial charge is 0.257 e. The molecule has 0 saturated carbocycles. The fourth-order valence-corrected chi connectivity index (χ4v) is 1.05. The Morgan fingerprint density at radius 3 is 2.85 bits per heavy atom. The van der Waals surface area contributed by atoms with Crippen molar-refractivity contribution in [3.63, 3.8) is 0 Å². The van der Waals surface area contributed by atoms with Crippen molar-refractivity contribution in [1.82, 2.24) is 9.38 Å². The lowest BCUT2D eigenvalue weighted by atomic mass is 10.4. The quantitative estimate of drug-likeness (QED) is 0.682. The van der Waals surface area contributed by atoms with Gasteiger partial charge >= 0.3 is 0 Å². The van der Waals surface area contributed by atoms with E-state index in [1.165, 1.54) is 22.7 Å². The second-order valence-corrected chi connectivity index (χ2v) is 2.37. The van der Waals surface area contributed by atoms with E-state index in [0.717, 1.165) is 0 Å². The van der Waals surface area contributed by atoms with Crippen LogP contribution in [0.5, 0.6) is 5.75 Å². The predicted molar refractivity (Wildman–Crippen MR) is 50.4 cm³/mol. The number of hydrogen-bond donors (Lipinski definition) is 1. The van der Waals surface area contributed by atoms with E-state index in [-0.39, 0.29) is 29.4 Å². The van der Waals surface area contributed by atoms with E-state index in [2.05, 4.69) is 4.98 Å². The molecule has 0 bridgehead atoms. The Bertz CT molecular complexity index is 481. The topological polar surface area (TPSA) is 54.6 Å². The SMILES string of the molecule is Cl.O=c1ccnc2c(O)cccn12. The second-order valence-electron chi connectivity index (χ2n) is 2.37. The summed E-state index contributed by atoms with van der Waals surface area (Å²) in [5.41, 5.74) is 0.0842. The highest BCUT2D eigenvalue weighted by Crippen LogP contribution is 2.11. The number of nitrogens with zero attached hydrogens (tertiary/aromatic N) is 2. The normalized spacial score (nSPS) is 9.54. The average Bonchev–Trinajstić information content (AvgIpc) is 2.07. The van der Waals surface area contributed by atoms with Crippen LogP contribution in [0, 0.1) is 0 Å². The molecule has 0 aliphatic rings. The molecule has 2 rings (SSSR count). The van der Waals surface area contributed by atoms with Crippen molar-refractivity contribution in [2.24, 2.45) is 0 Å². The number of rotatable bonds is 0. The molecule has 2 aromatic heterocycles. The molecular weight excluding hydrogens is 192 g/mol. The molecule has 2 aromatic rings. The highest BCUT2D eigenvalue weighted by atomic mass is 35.5. The fraction of sp³-hybridized carbons (Fsp3) is 0. The van der Waals surface area contributed by atoms with Crippen molar-refractivity contribution in [2.75, 3.05) is 0 Å². The van der Waals surface area contributed by atoms with Crippen molar-refractivity contribution in [3.8, 4) is 5.75 Å². The molecule has 0 aliphatic heterocycles. The summed E-state index contributed by atoms with van der Waals surface area (Å²) in [6, 6.07) is 4.42. The van der Waals surface area contributed by atoms with E-state index in [0.29, 0.717) is 0 Å². The highest BCUT2D eigenvalue weighted by Gasteiger charge is 1.99. The van der Waals surface area contributed by atoms with Crippen LogP contribution < -0.4 is 5.56 Å². The minimum absolute atomic E-state index is 0. The van der Waals surface area contributed by atoms with Crippen LogP contribution >= 0.6 is 12.4 Å². The molecule has 0 unspecified atom stereocenters. The van der Waals surface area contributed by atoms with Gasteiger partial charge in [-0.25, -0.2) is 4.98 Å². The number of fused-ring (bicyclic) bond motifs is 1. The lowest BCUT2D eigenvalue weighted by molar-refractivity contribution is 0.476. The zero-order valence-electron chi connectivity index (χ0n) is 6.54. The molecule has 0 radical (unpaired) electrons. The van der Waals surface area contributed by atoms with Gasteiger partial charge in [0.05, 0.1) is 0 Å². The molecule has 2 heterocycles. The molecule has 5 heteroatoms. The Balaban J connectivity index is 0.000000845. The fourth-order valence-electron chi connectivity index (χ4n) is 1.05. The van der Waals surface area contributed by atoms with Crippen molar-refractivity contribution < 1.29 is 5.11 Å². The minimum Gasteiger partial charge on any atom is -0.504 e. The van der Waals surface area contributed by atoms with Gasteiger partial charge < -0.3 is 5.11 Å². The van der Waals surface area contributed by atoms with Gasteiger partial charge in [-0.3, -0.25) is 9.20 Å². The summed E-state index contributed by atoms with van der Waals surface area (Å²) in [5.74, 6) is 0.00944. The molecule has 1 N–H and O–H groups in total. The lowest BCUT2D eigenvalue weighted by Crippen LogP contribution is -2.11. The zero-order chi connectivity index (χ0) is 8.55. The Hall–Kier alpha value is -1.55.